The van der Waals surface area contributed by atoms with Crippen LogP contribution >= 0.6 is 0 Å². The first-order valence-corrected chi connectivity index (χ1v) is 6.92. The van der Waals surface area contributed by atoms with E-state index in [0.29, 0.717) is 32.6 Å². The Hall–Kier alpha value is -2.19. The molecule has 0 aliphatic carbocycles. The van der Waals surface area contributed by atoms with Gasteiger partial charge in [-0.25, -0.2) is 5.01 Å². The normalized spacial score (nSPS) is 22.5. The summed E-state index contributed by atoms with van der Waals surface area (Å²) in [5.41, 5.74) is 5.91. The van der Waals surface area contributed by atoms with E-state index in [1.807, 2.05) is 0 Å². The zero-order valence-electron chi connectivity index (χ0n) is 11.6. The van der Waals surface area contributed by atoms with Crippen molar-refractivity contribution in [2.45, 2.75) is 6.42 Å². The lowest BCUT2D eigenvalue weighted by Crippen LogP contribution is -2.45. The Bertz CT molecular complexity index is 547. The number of nitrogens with zero attached hydrogens (tertiary/aromatic N) is 3. The number of hydrazine groups is 1. The predicted octanol–water partition coefficient (Wildman–Crippen LogP) is -0.203. The molecule has 0 aromatic carbocycles. The summed E-state index contributed by atoms with van der Waals surface area (Å²) in [4.78, 5) is 12.4. The number of hydrogen-bond donors (Lipinski definition) is 3. The molecule has 21 heavy (non-hydrogen) atoms. The number of nitrogens with one attached hydrogen (secondary N) is 3. The van der Waals surface area contributed by atoms with Crippen LogP contribution in [0.1, 0.15) is 12.0 Å². The highest BCUT2D eigenvalue weighted by Crippen LogP contribution is 2.25. The molecule has 0 radical (unpaired) electrons. The van der Waals surface area contributed by atoms with Crippen molar-refractivity contribution in [2.24, 2.45) is 0 Å². The van der Waals surface area contributed by atoms with E-state index in [1.165, 1.54) is 4.90 Å². The standard InChI is InChI=1S/C13H18N6O2/c14-13-11(1-2-18(13)9-20)12(10-7-15-16-8-10)17-19-3-5-21-6-4-19/h7-9,14,17H,1-6H2,(H,15,16)/b12-11-,14-13?. The highest BCUT2D eigenvalue weighted by molar-refractivity contribution is 6.08. The first-order chi connectivity index (χ1) is 10.3. The molecule has 1 aromatic rings. The Labute approximate surface area is 122 Å². The summed E-state index contributed by atoms with van der Waals surface area (Å²) in [7, 11) is 0. The van der Waals surface area contributed by atoms with Crippen LogP contribution in [0.15, 0.2) is 18.0 Å². The van der Waals surface area contributed by atoms with E-state index in [9.17, 15) is 4.79 Å². The van der Waals surface area contributed by atoms with Crippen LogP contribution in [0.3, 0.4) is 0 Å². The van der Waals surface area contributed by atoms with Crippen molar-refractivity contribution in [3.63, 3.8) is 0 Å². The van der Waals surface area contributed by atoms with Crippen molar-refractivity contribution < 1.29 is 9.53 Å². The van der Waals surface area contributed by atoms with E-state index in [0.717, 1.165) is 29.9 Å². The lowest BCUT2D eigenvalue weighted by Gasteiger charge is -2.29. The minimum atomic E-state index is 0.252. The SMILES string of the molecule is N=C1/C(=C(\NN2CCOCC2)c2cn[nH]c2)CCN1C=O. The smallest absolute Gasteiger partial charge is 0.215 e. The van der Waals surface area contributed by atoms with E-state index in [1.54, 1.807) is 12.4 Å². The van der Waals surface area contributed by atoms with Crippen molar-refractivity contribution in [1.82, 2.24) is 25.5 Å². The molecule has 2 fully saturated rings. The maximum absolute atomic E-state index is 11.0. The zero-order chi connectivity index (χ0) is 14.7. The largest absolute Gasteiger partial charge is 0.379 e. The molecule has 2 aliphatic rings. The van der Waals surface area contributed by atoms with Gasteiger partial charge in [-0.05, 0) is 6.42 Å². The highest BCUT2D eigenvalue weighted by Gasteiger charge is 2.27. The molecule has 0 unspecified atom stereocenters. The molecule has 8 nitrogen and oxygen atoms in total. The Kier molecular flexibility index (Phi) is 3.98. The van der Waals surface area contributed by atoms with Crippen LogP contribution in [-0.4, -0.2) is 65.2 Å². The molecule has 1 amide bonds. The van der Waals surface area contributed by atoms with Gasteiger partial charge in [0.05, 0.1) is 25.1 Å². The van der Waals surface area contributed by atoms with Crippen molar-refractivity contribution in [3.8, 4) is 0 Å². The summed E-state index contributed by atoms with van der Waals surface area (Å²) in [5, 5.41) is 17.0. The van der Waals surface area contributed by atoms with Crippen molar-refractivity contribution >= 4 is 17.9 Å². The van der Waals surface area contributed by atoms with E-state index in [2.05, 4.69) is 20.6 Å². The van der Waals surface area contributed by atoms with Crippen molar-refractivity contribution in [2.75, 3.05) is 32.8 Å². The third kappa shape index (κ3) is 2.81. The number of H-pyrrole nitrogens is 1. The Morgan fingerprint density at radius 1 is 1.43 bits per heavy atom. The van der Waals surface area contributed by atoms with Gasteiger partial charge in [-0.3, -0.25) is 20.2 Å². The highest BCUT2D eigenvalue weighted by atomic mass is 16.5. The van der Waals surface area contributed by atoms with Gasteiger partial charge in [0.25, 0.3) is 0 Å². The fraction of sp³-hybridized carbons (Fsp3) is 0.462. The Balaban J connectivity index is 1.89. The van der Waals surface area contributed by atoms with Gasteiger partial charge in [-0.1, -0.05) is 0 Å². The molecule has 112 valence electrons. The summed E-state index contributed by atoms with van der Waals surface area (Å²) < 4.78 is 5.34. The summed E-state index contributed by atoms with van der Waals surface area (Å²) in [6.07, 6.45) is 4.87. The van der Waals surface area contributed by atoms with Crippen molar-refractivity contribution in [3.05, 3.63) is 23.5 Å². The third-order valence-corrected chi connectivity index (χ3v) is 3.67. The molecule has 1 aromatic heterocycles. The summed E-state index contributed by atoms with van der Waals surface area (Å²) in [6, 6.07) is 0. The number of aromatic amines is 1. The van der Waals surface area contributed by atoms with Crippen LogP contribution in [0.4, 0.5) is 0 Å². The number of amidine groups is 1. The van der Waals surface area contributed by atoms with E-state index in [4.69, 9.17) is 10.1 Å². The summed E-state index contributed by atoms with van der Waals surface area (Å²) >= 11 is 0. The van der Waals surface area contributed by atoms with Crippen LogP contribution in [0.2, 0.25) is 0 Å². The maximum atomic E-state index is 11.0. The lowest BCUT2D eigenvalue weighted by atomic mass is 10.1. The average Bonchev–Trinajstić information content (AvgIpc) is 3.16. The summed E-state index contributed by atoms with van der Waals surface area (Å²) in [6.45, 7) is 3.46. The molecule has 8 heteroatoms. The van der Waals surface area contributed by atoms with E-state index >= 15 is 0 Å². The minimum absolute atomic E-state index is 0.252. The van der Waals surface area contributed by atoms with Crippen LogP contribution < -0.4 is 5.43 Å². The second-order valence-electron chi connectivity index (χ2n) is 4.95. The van der Waals surface area contributed by atoms with E-state index in [-0.39, 0.29) is 5.84 Å². The first-order valence-electron chi connectivity index (χ1n) is 6.92. The van der Waals surface area contributed by atoms with Crippen LogP contribution in [0.5, 0.6) is 0 Å². The van der Waals surface area contributed by atoms with Gasteiger partial charge in [0.1, 0.15) is 5.84 Å². The fourth-order valence-corrected chi connectivity index (χ4v) is 2.51. The molecule has 2 saturated heterocycles. The maximum Gasteiger partial charge on any atom is 0.215 e. The molecular weight excluding hydrogens is 272 g/mol. The molecule has 2 aliphatic heterocycles. The quantitative estimate of drug-likeness (QED) is 0.667. The van der Waals surface area contributed by atoms with Gasteiger partial charge in [0.15, 0.2) is 0 Å². The molecule has 0 atom stereocenters. The number of hydrogen-bond acceptors (Lipinski definition) is 6. The van der Waals surface area contributed by atoms with Gasteiger partial charge in [-0.15, -0.1) is 0 Å². The molecule has 3 heterocycles. The predicted molar refractivity (Wildman–Crippen MR) is 76.1 cm³/mol. The van der Waals surface area contributed by atoms with Gasteiger partial charge >= 0.3 is 0 Å². The Morgan fingerprint density at radius 2 is 2.24 bits per heavy atom. The fourth-order valence-electron chi connectivity index (χ4n) is 2.51. The van der Waals surface area contributed by atoms with Crippen molar-refractivity contribution in [1.29, 1.82) is 5.41 Å². The zero-order valence-corrected chi connectivity index (χ0v) is 11.6. The number of amides is 1. The number of carbonyl (C=O) groups excluding carboxylic acids is 1. The number of rotatable bonds is 4. The molecule has 0 spiro atoms. The lowest BCUT2D eigenvalue weighted by molar-refractivity contribution is -0.114. The second-order valence-corrected chi connectivity index (χ2v) is 4.95. The molecule has 3 rings (SSSR count). The monoisotopic (exact) mass is 290 g/mol. The van der Waals surface area contributed by atoms with Crippen LogP contribution in [-0.2, 0) is 9.53 Å². The molecule has 0 bridgehead atoms. The third-order valence-electron chi connectivity index (χ3n) is 3.67. The minimum Gasteiger partial charge on any atom is -0.379 e. The van der Waals surface area contributed by atoms with Crippen LogP contribution in [0, 0.1) is 5.41 Å². The van der Waals surface area contributed by atoms with E-state index < -0.39 is 0 Å². The number of ether oxygens (including phenoxy) is 1. The topological polar surface area (TPSA) is 97.3 Å². The first kappa shape index (κ1) is 13.8. The van der Waals surface area contributed by atoms with Gasteiger partial charge in [0.2, 0.25) is 6.41 Å². The molecule has 0 saturated carbocycles. The summed E-state index contributed by atoms with van der Waals surface area (Å²) in [5.74, 6) is 0.252. The van der Waals surface area contributed by atoms with Gasteiger partial charge < -0.3 is 10.2 Å². The molecule has 3 N–H and O–H groups in total. The van der Waals surface area contributed by atoms with Gasteiger partial charge in [0, 0.05) is 37.0 Å². The number of carbonyl (C=O) groups is 1. The average molecular weight is 290 g/mol. The van der Waals surface area contributed by atoms with Crippen LogP contribution in [0.25, 0.3) is 5.70 Å². The number of aromatic nitrogens is 2. The number of likely N-dealkylation sites (tertiary alicyclic amines) is 1. The Morgan fingerprint density at radius 3 is 2.86 bits per heavy atom. The van der Waals surface area contributed by atoms with Gasteiger partial charge in [-0.2, -0.15) is 5.10 Å². The molecular formula is C13H18N6O2. The second kappa shape index (κ2) is 6.06. The number of morpholine rings is 1.